The Balaban J connectivity index is 1.06. The molecule has 0 aromatic heterocycles. The zero-order valence-electron chi connectivity index (χ0n) is 30.9. The Morgan fingerprint density at radius 2 is 0.900 bits per heavy atom. The maximum atomic E-state index is 2.95. The van der Waals surface area contributed by atoms with Gasteiger partial charge in [0.25, 0.3) is 0 Å². The summed E-state index contributed by atoms with van der Waals surface area (Å²) in [6.07, 6.45) is 31.2. The molecule has 0 spiro atoms. The third kappa shape index (κ3) is 4.29. The van der Waals surface area contributed by atoms with E-state index in [0.29, 0.717) is 0 Å². The van der Waals surface area contributed by atoms with Crippen LogP contribution >= 0.6 is 0 Å². The minimum Gasteiger partial charge on any atom is -0.0723 e. The van der Waals surface area contributed by atoms with Gasteiger partial charge in [-0.1, -0.05) is 118 Å². The van der Waals surface area contributed by atoms with Crippen LogP contribution in [0.25, 0.3) is 5.57 Å². The first-order valence-electron chi connectivity index (χ1n) is 22.7. The van der Waals surface area contributed by atoms with E-state index in [1.54, 1.807) is 100 Å². The Hall–Kier alpha value is -1.82. The average Bonchev–Trinajstić information content (AvgIpc) is 3.68. The van der Waals surface area contributed by atoms with Gasteiger partial charge in [-0.15, -0.1) is 0 Å². The second-order valence-corrected chi connectivity index (χ2v) is 20.6. The van der Waals surface area contributed by atoms with Crippen molar-refractivity contribution in [3.8, 4) is 0 Å². The highest BCUT2D eigenvalue weighted by Gasteiger charge is 2.71. The first kappa shape index (κ1) is 30.6. The summed E-state index contributed by atoms with van der Waals surface area (Å²) in [6.45, 7) is 0. The minimum absolute atomic E-state index is 0.727. The van der Waals surface area contributed by atoms with E-state index in [2.05, 4.69) is 60.7 Å². The first-order valence-corrected chi connectivity index (χ1v) is 22.7. The number of benzene rings is 2. The third-order valence-electron chi connectivity index (χ3n) is 19.5. The molecule has 18 unspecified atom stereocenters. The number of hydrogen-bond donors (Lipinski definition) is 0. The summed E-state index contributed by atoms with van der Waals surface area (Å²) in [5.41, 5.74) is 6.26. The van der Waals surface area contributed by atoms with Crippen LogP contribution in [0.5, 0.6) is 0 Å². The van der Waals surface area contributed by atoms with Gasteiger partial charge in [-0.25, -0.2) is 0 Å². The van der Waals surface area contributed by atoms with Gasteiger partial charge in [-0.05, 0) is 187 Å². The van der Waals surface area contributed by atoms with Gasteiger partial charge < -0.3 is 0 Å². The maximum Gasteiger partial charge on any atom is -0.0146 e. The lowest BCUT2D eigenvalue weighted by molar-refractivity contribution is -0.0493. The molecule has 9 fully saturated rings. The topological polar surface area (TPSA) is 0 Å². The highest BCUT2D eigenvalue weighted by molar-refractivity contribution is 5.82. The Morgan fingerprint density at radius 3 is 1.64 bits per heavy atom. The van der Waals surface area contributed by atoms with Crippen LogP contribution in [-0.4, -0.2) is 0 Å². The van der Waals surface area contributed by atoms with Crippen molar-refractivity contribution in [3.05, 3.63) is 77.4 Å². The van der Waals surface area contributed by atoms with E-state index in [1.807, 2.05) is 0 Å². The van der Waals surface area contributed by atoms with Crippen molar-refractivity contribution < 1.29 is 0 Å². The van der Waals surface area contributed by atoms with Gasteiger partial charge in [0.15, 0.2) is 0 Å². The molecule has 0 radical (unpaired) electrons. The van der Waals surface area contributed by atoms with Crippen molar-refractivity contribution in [2.45, 2.75) is 116 Å². The van der Waals surface area contributed by atoms with Crippen LogP contribution in [0.3, 0.4) is 0 Å². The molecule has 2 aromatic carbocycles. The van der Waals surface area contributed by atoms with Gasteiger partial charge in [-0.3, -0.25) is 0 Å². The summed E-state index contributed by atoms with van der Waals surface area (Å²) in [5, 5.41) is 0. The Labute approximate surface area is 304 Å². The maximum absolute atomic E-state index is 2.95. The van der Waals surface area contributed by atoms with Crippen LogP contribution in [0.4, 0.5) is 0 Å². The van der Waals surface area contributed by atoms with E-state index < -0.39 is 0 Å². The molecule has 18 atom stereocenters. The molecule has 0 saturated heterocycles. The molecule has 0 bridgehead atoms. The van der Waals surface area contributed by atoms with Crippen LogP contribution in [0.2, 0.25) is 0 Å². The third-order valence-corrected chi connectivity index (χ3v) is 19.5. The average molecular weight is 665 g/mol. The second-order valence-electron chi connectivity index (χ2n) is 20.6. The van der Waals surface area contributed by atoms with Gasteiger partial charge in [0.1, 0.15) is 0 Å². The SMILES string of the molecule is C1=C(c2ccccc2)c2ccccc2CC1C1C2C3CCCCC3CC3C4CCCC5C6CCCCC6C(C6CC7CCCCC7C1C6C32)C54. The first-order chi connectivity index (χ1) is 24.8. The zero-order valence-corrected chi connectivity index (χ0v) is 30.9. The molecule has 0 nitrogen and oxygen atoms in total. The van der Waals surface area contributed by atoms with Crippen molar-refractivity contribution in [1.29, 1.82) is 0 Å². The smallest absolute Gasteiger partial charge is 0.0146 e. The van der Waals surface area contributed by atoms with Crippen molar-refractivity contribution in [2.24, 2.45) is 107 Å². The van der Waals surface area contributed by atoms with Crippen LogP contribution in [0.1, 0.15) is 126 Å². The molecule has 10 aliphatic rings. The van der Waals surface area contributed by atoms with Crippen molar-refractivity contribution >= 4 is 5.57 Å². The van der Waals surface area contributed by atoms with Gasteiger partial charge in [0.2, 0.25) is 0 Å². The summed E-state index contributed by atoms with van der Waals surface area (Å²) < 4.78 is 0. The molecule has 12 rings (SSSR count). The molecule has 2 aromatic rings. The van der Waals surface area contributed by atoms with Crippen molar-refractivity contribution in [3.63, 3.8) is 0 Å². The number of rotatable bonds is 2. The summed E-state index contributed by atoms with van der Waals surface area (Å²) in [7, 11) is 0. The van der Waals surface area contributed by atoms with Gasteiger partial charge in [0, 0.05) is 0 Å². The normalized spacial score (nSPS) is 51.1. The number of allylic oxidation sites excluding steroid dienone is 1. The monoisotopic (exact) mass is 665 g/mol. The molecule has 0 heteroatoms. The highest BCUT2D eigenvalue weighted by Crippen LogP contribution is 2.77. The predicted octanol–water partition coefficient (Wildman–Crippen LogP) is 12.5. The largest absolute Gasteiger partial charge is 0.0723 e. The molecule has 10 aliphatic carbocycles. The summed E-state index contributed by atoms with van der Waals surface area (Å²) >= 11 is 0. The number of fused-ring (bicyclic) bond motifs is 10. The molecule has 264 valence electrons. The van der Waals surface area contributed by atoms with E-state index in [4.69, 9.17) is 0 Å². The molecular weight excluding hydrogens is 601 g/mol. The van der Waals surface area contributed by atoms with E-state index >= 15 is 0 Å². The predicted molar refractivity (Wildman–Crippen MR) is 205 cm³/mol. The van der Waals surface area contributed by atoms with E-state index in [-0.39, 0.29) is 0 Å². The summed E-state index contributed by atoms with van der Waals surface area (Å²) in [4.78, 5) is 0. The zero-order chi connectivity index (χ0) is 32.5. The highest BCUT2D eigenvalue weighted by atomic mass is 14.8. The Morgan fingerprint density at radius 1 is 0.380 bits per heavy atom. The fraction of sp³-hybridized carbons (Fsp3) is 0.720. The fourth-order valence-electron chi connectivity index (χ4n) is 18.7. The summed E-state index contributed by atoms with van der Waals surface area (Å²) in [6, 6.07) is 21.3. The van der Waals surface area contributed by atoms with E-state index in [1.165, 1.54) is 37.7 Å². The molecule has 50 heavy (non-hydrogen) atoms. The minimum atomic E-state index is 0.727. The standard InChI is InChI=1S/C50H64/c1-2-13-29(14-3-1)41-28-33(25-30-15-4-7-18-34(30)41)44-47-35-19-8-5-16-31(35)26-42-40-24-12-23-39-37-21-10-11-22-38(37)46(45(39)40)43-27-32-17-6-9-20-36(32)48(44)50(43)49(42)47/h1-4,7,13-15,18,28,31-33,35-40,42-50H,5-6,8-12,16-17,19-27H2. The molecule has 0 aliphatic heterocycles. The van der Waals surface area contributed by atoms with Gasteiger partial charge in [0.05, 0.1) is 0 Å². The van der Waals surface area contributed by atoms with Crippen LogP contribution < -0.4 is 0 Å². The lowest BCUT2D eigenvalue weighted by atomic mass is 9.51. The molecule has 0 amide bonds. The van der Waals surface area contributed by atoms with Gasteiger partial charge >= 0.3 is 0 Å². The lowest BCUT2D eigenvalue weighted by Gasteiger charge is -2.54. The number of hydrogen-bond acceptors (Lipinski definition) is 0. The molecule has 0 heterocycles. The van der Waals surface area contributed by atoms with Crippen LogP contribution in [0, 0.1) is 107 Å². The second kappa shape index (κ2) is 11.8. The van der Waals surface area contributed by atoms with Crippen LogP contribution in [-0.2, 0) is 6.42 Å². The van der Waals surface area contributed by atoms with Crippen molar-refractivity contribution in [2.75, 3.05) is 0 Å². The summed E-state index contributed by atoms with van der Waals surface area (Å²) in [5.74, 6) is 18.8. The van der Waals surface area contributed by atoms with E-state index in [0.717, 1.165) is 107 Å². The molecule has 0 N–H and O–H groups in total. The Bertz CT molecular complexity index is 1620. The van der Waals surface area contributed by atoms with Crippen LogP contribution in [0.15, 0.2) is 60.7 Å². The van der Waals surface area contributed by atoms with Crippen molar-refractivity contribution in [1.82, 2.24) is 0 Å². The molecular formula is C50H64. The molecule has 9 saturated carbocycles. The van der Waals surface area contributed by atoms with Gasteiger partial charge in [-0.2, -0.15) is 0 Å². The Kier molecular flexibility index (Phi) is 7.25. The lowest BCUT2D eigenvalue weighted by Crippen LogP contribution is -2.48. The quantitative estimate of drug-likeness (QED) is 0.300. The fourth-order valence-corrected chi connectivity index (χ4v) is 18.7. The van der Waals surface area contributed by atoms with E-state index in [9.17, 15) is 0 Å².